The number of carbonyl (C=O) groups is 1. The van der Waals surface area contributed by atoms with Gasteiger partial charge in [-0.25, -0.2) is 4.98 Å². The molecule has 3 aromatic rings. The van der Waals surface area contributed by atoms with Crippen molar-refractivity contribution < 1.29 is 14.5 Å². The molecule has 2 heterocycles. The summed E-state index contributed by atoms with van der Waals surface area (Å²) in [5.41, 5.74) is 3.00. The van der Waals surface area contributed by atoms with Gasteiger partial charge < -0.3 is 15.0 Å². The maximum absolute atomic E-state index is 12.6. The highest BCUT2D eigenvalue weighted by molar-refractivity contribution is 7.14. The molecule has 9 heteroatoms. The van der Waals surface area contributed by atoms with Crippen LogP contribution in [-0.2, 0) is 4.74 Å². The first kappa shape index (κ1) is 20.0. The summed E-state index contributed by atoms with van der Waals surface area (Å²) < 4.78 is 5.38. The number of ether oxygens (including phenoxy) is 1. The fourth-order valence-corrected chi connectivity index (χ4v) is 4.18. The van der Waals surface area contributed by atoms with E-state index >= 15 is 0 Å². The molecule has 1 aliphatic rings. The molecule has 1 amide bonds. The molecule has 30 heavy (non-hydrogen) atoms. The molecule has 0 atom stereocenters. The molecule has 0 saturated carbocycles. The highest BCUT2D eigenvalue weighted by Gasteiger charge is 2.18. The average molecular weight is 424 g/mol. The van der Waals surface area contributed by atoms with Crippen LogP contribution in [0.4, 0.5) is 16.5 Å². The van der Waals surface area contributed by atoms with Crippen LogP contribution in [0.3, 0.4) is 0 Å². The van der Waals surface area contributed by atoms with Crippen LogP contribution >= 0.6 is 11.3 Å². The SMILES string of the molecule is Cc1c(C(=O)Nc2ccc(-c3csc(N4CCOCC4)n3)cc2)cccc1[N+](=O)[O-]. The monoisotopic (exact) mass is 424 g/mol. The number of aromatic nitrogens is 1. The average Bonchev–Trinajstić information content (AvgIpc) is 3.25. The number of benzene rings is 2. The van der Waals surface area contributed by atoms with Gasteiger partial charge in [0.25, 0.3) is 11.6 Å². The molecule has 1 N–H and O–H groups in total. The second-order valence-corrected chi connectivity index (χ2v) is 7.69. The van der Waals surface area contributed by atoms with Crippen molar-refractivity contribution in [3.8, 4) is 11.3 Å². The first-order valence-corrected chi connectivity index (χ1v) is 10.3. The molecule has 1 saturated heterocycles. The standard InChI is InChI=1S/C21H20N4O4S/c1-14-17(3-2-4-19(14)25(27)28)20(26)22-16-7-5-15(6-8-16)18-13-30-21(23-18)24-9-11-29-12-10-24/h2-8,13H,9-12H2,1H3,(H,22,26). The largest absolute Gasteiger partial charge is 0.378 e. The van der Waals surface area contributed by atoms with Crippen LogP contribution in [0.1, 0.15) is 15.9 Å². The highest BCUT2D eigenvalue weighted by atomic mass is 32.1. The van der Waals surface area contributed by atoms with Gasteiger partial charge in [0, 0.05) is 46.9 Å². The Morgan fingerprint density at radius 2 is 1.93 bits per heavy atom. The Balaban J connectivity index is 1.47. The minimum Gasteiger partial charge on any atom is -0.378 e. The Labute approximate surface area is 177 Å². The van der Waals surface area contributed by atoms with E-state index in [-0.39, 0.29) is 17.2 Å². The molecular weight excluding hydrogens is 404 g/mol. The number of amides is 1. The van der Waals surface area contributed by atoms with E-state index in [0.717, 1.165) is 29.5 Å². The summed E-state index contributed by atoms with van der Waals surface area (Å²) in [4.78, 5) is 30.1. The number of carbonyl (C=O) groups excluding carboxylic acids is 1. The predicted molar refractivity (Wildman–Crippen MR) is 116 cm³/mol. The van der Waals surface area contributed by atoms with E-state index in [2.05, 4.69) is 10.2 Å². The topological polar surface area (TPSA) is 97.6 Å². The number of hydrogen-bond donors (Lipinski definition) is 1. The number of nitrogens with zero attached hydrogens (tertiary/aromatic N) is 3. The van der Waals surface area contributed by atoms with Crippen molar-refractivity contribution in [1.82, 2.24) is 4.98 Å². The lowest BCUT2D eigenvalue weighted by Gasteiger charge is -2.26. The number of nitro groups is 1. The summed E-state index contributed by atoms with van der Waals surface area (Å²) in [6.45, 7) is 4.69. The zero-order valence-corrected chi connectivity index (χ0v) is 17.1. The van der Waals surface area contributed by atoms with E-state index in [0.29, 0.717) is 24.5 Å². The first-order chi connectivity index (χ1) is 14.5. The van der Waals surface area contributed by atoms with E-state index in [1.165, 1.54) is 12.1 Å². The van der Waals surface area contributed by atoms with E-state index in [1.54, 1.807) is 36.5 Å². The Bertz CT molecular complexity index is 1070. The van der Waals surface area contributed by atoms with Gasteiger partial charge in [0.2, 0.25) is 0 Å². The maximum Gasteiger partial charge on any atom is 0.273 e. The van der Waals surface area contributed by atoms with E-state index < -0.39 is 4.92 Å². The van der Waals surface area contributed by atoms with Gasteiger partial charge in [-0.1, -0.05) is 18.2 Å². The summed E-state index contributed by atoms with van der Waals surface area (Å²) in [5.74, 6) is -0.382. The second kappa shape index (κ2) is 8.60. The number of morpholine rings is 1. The quantitative estimate of drug-likeness (QED) is 0.489. The third-order valence-electron chi connectivity index (χ3n) is 4.96. The molecular formula is C21H20N4O4S. The van der Waals surface area contributed by atoms with Crippen molar-refractivity contribution in [1.29, 1.82) is 0 Å². The Hall–Kier alpha value is -3.30. The Morgan fingerprint density at radius 3 is 2.63 bits per heavy atom. The molecule has 0 radical (unpaired) electrons. The van der Waals surface area contributed by atoms with Crippen LogP contribution in [-0.4, -0.2) is 42.1 Å². The third-order valence-corrected chi connectivity index (χ3v) is 5.86. The summed E-state index contributed by atoms with van der Waals surface area (Å²) in [6, 6.07) is 11.9. The molecule has 1 aromatic heterocycles. The number of nitro benzene ring substituents is 1. The molecule has 4 rings (SSSR count). The van der Waals surface area contributed by atoms with Gasteiger partial charge in [-0.05, 0) is 25.1 Å². The second-order valence-electron chi connectivity index (χ2n) is 6.85. The number of nitrogens with one attached hydrogen (secondary N) is 1. The van der Waals surface area contributed by atoms with Gasteiger partial charge in [0.15, 0.2) is 5.13 Å². The fraction of sp³-hybridized carbons (Fsp3) is 0.238. The molecule has 0 aliphatic carbocycles. The van der Waals surface area contributed by atoms with Crippen LogP contribution in [0.15, 0.2) is 47.8 Å². The number of thiazole rings is 1. The number of rotatable bonds is 5. The molecule has 0 bridgehead atoms. The normalized spacial score (nSPS) is 13.8. The lowest BCUT2D eigenvalue weighted by molar-refractivity contribution is -0.385. The van der Waals surface area contributed by atoms with E-state index in [1.807, 2.05) is 17.5 Å². The summed E-state index contributed by atoms with van der Waals surface area (Å²) in [7, 11) is 0. The minimum absolute atomic E-state index is 0.0717. The van der Waals surface area contributed by atoms with Crippen molar-refractivity contribution in [3.05, 3.63) is 69.1 Å². The van der Waals surface area contributed by atoms with Crippen molar-refractivity contribution in [2.24, 2.45) is 0 Å². The molecule has 0 spiro atoms. The van der Waals surface area contributed by atoms with Gasteiger partial charge in [-0.15, -0.1) is 11.3 Å². The molecule has 2 aromatic carbocycles. The number of anilines is 2. The zero-order valence-electron chi connectivity index (χ0n) is 16.3. The summed E-state index contributed by atoms with van der Waals surface area (Å²) in [5, 5.41) is 16.9. The summed E-state index contributed by atoms with van der Waals surface area (Å²) >= 11 is 1.60. The van der Waals surface area contributed by atoms with Crippen molar-refractivity contribution in [3.63, 3.8) is 0 Å². The smallest absolute Gasteiger partial charge is 0.273 e. The lowest BCUT2D eigenvalue weighted by Crippen LogP contribution is -2.36. The Kier molecular flexibility index (Phi) is 5.73. The third kappa shape index (κ3) is 4.17. The van der Waals surface area contributed by atoms with E-state index in [9.17, 15) is 14.9 Å². The molecule has 154 valence electrons. The first-order valence-electron chi connectivity index (χ1n) is 9.47. The van der Waals surface area contributed by atoms with Crippen LogP contribution in [0.2, 0.25) is 0 Å². The molecule has 0 unspecified atom stereocenters. The van der Waals surface area contributed by atoms with Crippen LogP contribution in [0.25, 0.3) is 11.3 Å². The lowest BCUT2D eigenvalue weighted by atomic mass is 10.1. The van der Waals surface area contributed by atoms with Gasteiger partial charge in [-0.2, -0.15) is 0 Å². The van der Waals surface area contributed by atoms with Crippen molar-refractivity contribution in [2.45, 2.75) is 6.92 Å². The van der Waals surface area contributed by atoms with Gasteiger partial charge in [-0.3, -0.25) is 14.9 Å². The van der Waals surface area contributed by atoms with Gasteiger partial charge in [0.05, 0.1) is 23.8 Å². The summed E-state index contributed by atoms with van der Waals surface area (Å²) in [6.07, 6.45) is 0. The zero-order chi connectivity index (χ0) is 21.1. The number of hydrogen-bond acceptors (Lipinski definition) is 7. The van der Waals surface area contributed by atoms with Crippen molar-refractivity contribution in [2.75, 3.05) is 36.5 Å². The molecule has 1 fully saturated rings. The van der Waals surface area contributed by atoms with Gasteiger partial charge in [0.1, 0.15) is 0 Å². The minimum atomic E-state index is -0.486. The van der Waals surface area contributed by atoms with Crippen LogP contribution in [0, 0.1) is 17.0 Å². The Morgan fingerprint density at radius 1 is 1.20 bits per heavy atom. The van der Waals surface area contributed by atoms with Crippen LogP contribution in [0.5, 0.6) is 0 Å². The fourth-order valence-electron chi connectivity index (χ4n) is 3.29. The highest BCUT2D eigenvalue weighted by Crippen LogP contribution is 2.29. The van der Waals surface area contributed by atoms with E-state index in [4.69, 9.17) is 9.72 Å². The van der Waals surface area contributed by atoms with Crippen LogP contribution < -0.4 is 10.2 Å². The predicted octanol–water partition coefficient (Wildman–Crippen LogP) is 4.12. The molecule has 8 nitrogen and oxygen atoms in total. The van der Waals surface area contributed by atoms with Gasteiger partial charge >= 0.3 is 0 Å². The molecule has 1 aliphatic heterocycles. The maximum atomic E-state index is 12.6. The van der Waals surface area contributed by atoms with Crippen molar-refractivity contribution >= 4 is 33.8 Å².